The maximum absolute atomic E-state index is 12.4. The van der Waals surface area contributed by atoms with E-state index in [-0.39, 0.29) is 0 Å². The lowest BCUT2D eigenvalue weighted by Crippen LogP contribution is -2.26. The van der Waals surface area contributed by atoms with Crippen LogP contribution in [0.25, 0.3) is 16.9 Å². The summed E-state index contributed by atoms with van der Waals surface area (Å²) in [5, 5.41) is 8.54. The van der Waals surface area contributed by atoms with E-state index >= 15 is 0 Å². The molecule has 2 aliphatic rings. The molecule has 0 unspecified atom stereocenters. The van der Waals surface area contributed by atoms with Crippen LogP contribution in [-0.4, -0.2) is 57.9 Å². The molecule has 174 valence electrons. The van der Waals surface area contributed by atoms with Gasteiger partial charge >= 0.3 is 0 Å². The van der Waals surface area contributed by atoms with Crippen LogP contribution in [0.3, 0.4) is 0 Å². The Morgan fingerprint density at radius 3 is 2.71 bits per heavy atom. The Bertz CT molecular complexity index is 1530. The van der Waals surface area contributed by atoms with Crippen molar-refractivity contribution in [2.75, 3.05) is 25.2 Å². The Hall–Kier alpha value is -3.37. The molecule has 6 rings (SSSR count). The van der Waals surface area contributed by atoms with Crippen LogP contribution in [0.5, 0.6) is 0 Å². The second kappa shape index (κ2) is 7.57. The van der Waals surface area contributed by atoms with Gasteiger partial charge in [-0.15, -0.1) is 0 Å². The predicted octanol–water partition coefficient (Wildman–Crippen LogP) is 2.98. The van der Waals surface area contributed by atoms with Crippen LogP contribution in [0.1, 0.15) is 29.7 Å². The highest BCUT2D eigenvalue weighted by atomic mass is 32.2. The highest BCUT2D eigenvalue weighted by Gasteiger charge is 2.54. The number of fused-ring (bicyclic) bond motifs is 2. The Balaban J connectivity index is 1.34. The van der Waals surface area contributed by atoms with E-state index < -0.39 is 14.6 Å². The van der Waals surface area contributed by atoms with E-state index in [1.54, 1.807) is 23.1 Å². The number of hydrogen-bond donors (Lipinski definition) is 1. The van der Waals surface area contributed by atoms with Crippen LogP contribution in [0.2, 0.25) is 0 Å². The first-order valence-electron chi connectivity index (χ1n) is 11.3. The highest BCUT2D eigenvalue weighted by molar-refractivity contribution is 7.91. The first-order valence-corrected chi connectivity index (χ1v) is 13.2. The number of likely N-dealkylation sites (N-methyl/N-ethyl adjacent to an activating group) is 1. The maximum atomic E-state index is 12.4. The van der Waals surface area contributed by atoms with Gasteiger partial charge in [-0.3, -0.25) is 0 Å². The molecule has 4 aromatic rings. The SMILES string of the molecule is CN1CCc2ccc(Nc3ncc4cnn(-c5cccc(C6(S(C)(=O)=O)CC6)n5)c4n3)cc2C1. The minimum absolute atomic E-state index is 0.462. The molecule has 0 saturated heterocycles. The summed E-state index contributed by atoms with van der Waals surface area (Å²) in [5.74, 6) is 0.994. The molecule has 0 radical (unpaired) electrons. The monoisotopic (exact) mass is 475 g/mol. The van der Waals surface area contributed by atoms with Crippen molar-refractivity contribution in [1.29, 1.82) is 0 Å². The Kier molecular flexibility index (Phi) is 4.72. The van der Waals surface area contributed by atoms with Crippen LogP contribution >= 0.6 is 0 Å². The van der Waals surface area contributed by atoms with Crippen LogP contribution in [-0.2, 0) is 27.5 Å². The van der Waals surface area contributed by atoms with Crippen molar-refractivity contribution in [3.63, 3.8) is 0 Å². The fourth-order valence-electron chi connectivity index (χ4n) is 4.68. The zero-order valence-electron chi connectivity index (χ0n) is 19.1. The molecule has 0 amide bonds. The lowest BCUT2D eigenvalue weighted by Gasteiger charge is -2.25. The van der Waals surface area contributed by atoms with Crippen molar-refractivity contribution >= 4 is 32.5 Å². The molecule has 1 N–H and O–H groups in total. The average Bonchev–Trinajstić information content (AvgIpc) is 3.54. The summed E-state index contributed by atoms with van der Waals surface area (Å²) in [6.45, 7) is 2.00. The molecule has 0 spiro atoms. The van der Waals surface area contributed by atoms with Crippen LogP contribution in [0.4, 0.5) is 11.6 Å². The maximum Gasteiger partial charge on any atom is 0.229 e. The number of hydrogen-bond acceptors (Lipinski definition) is 8. The Morgan fingerprint density at radius 2 is 1.91 bits per heavy atom. The topological polar surface area (TPSA) is 106 Å². The van der Waals surface area contributed by atoms with Crippen molar-refractivity contribution in [2.45, 2.75) is 30.6 Å². The molecule has 3 aromatic heterocycles. The number of pyridine rings is 1. The molecule has 1 saturated carbocycles. The number of nitrogens with zero attached hydrogens (tertiary/aromatic N) is 6. The van der Waals surface area contributed by atoms with Gasteiger partial charge < -0.3 is 10.2 Å². The number of rotatable bonds is 5. The summed E-state index contributed by atoms with van der Waals surface area (Å²) in [6.07, 6.45) is 6.93. The minimum atomic E-state index is -3.25. The number of nitrogens with one attached hydrogen (secondary N) is 1. The third-order valence-electron chi connectivity index (χ3n) is 6.81. The first kappa shape index (κ1) is 21.2. The number of sulfone groups is 1. The van der Waals surface area contributed by atoms with E-state index in [1.807, 2.05) is 12.1 Å². The summed E-state index contributed by atoms with van der Waals surface area (Å²) in [5.41, 5.74) is 4.78. The van der Waals surface area contributed by atoms with Crippen LogP contribution in [0.15, 0.2) is 48.8 Å². The molecule has 1 aliphatic carbocycles. The van der Waals surface area contributed by atoms with Gasteiger partial charge in [0.25, 0.3) is 0 Å². The average molecular weight is 476 g/mol. The molecule has 1 fully saturated rings. The summed E-state index contributed by atoms with van der Waals surface area (Å²) < 4.78 is 25.5. The van der Waals surface area contributed by atoms with E-state index in [2.05, 4.69) is 50.5 Å². The lowest BCUT2D eigenvalue weighted by molar-refractivity contribution is 0.313. The second-order valence-corrected chi connectivity index (χ2v) is 11.6. The number of benzene rings is 1. The summed E-state index contributed by atoms with van der Waals surface area (Å²) in [6, 6.07) is 11.8. The Labute approximate surface area is 197 Å². The number of aromatic nitrogens is 5. The van der Waals surface area contributed by atoms with Crippen molar-refractivity contribution in [3.8, 4) is 5.82 Å². The van der Waals surface area contributed by atoms with E-state index in [1.165, 1.54) is 17.4 Å². The normalized spacial score (nSPS) is 17.5. The molecule has 9 nitrogen and oxygen atoms in total. The summed E-state index contributed by atoms with van der Waals surface area (Å²) >= 11 is 0. The zero-order chi connectivity index (χ0) is 23.5. The van der Waals surface area contributed by atoms with Crippen molar-refractivity contribution in [2.24, 2.45) is 0 Å². The second-order valence-electron chi connectivity index (χ2n) is 9.27. The predicted molar refractivity (Wildman–Crippen MR) is 130 cm³/mol. The van der Waals surface area contributed by atoms with E-state index in [0.29, 0.717) is 35.9 Å². The van der Waals surface area contributed by atoms with Gasteiger partial charge in [0.1, 0.15) is 4.75 Å². The van der Waals surface area contributed by atoms with Crippen molar-refractivity contribution in [1.82, 2.24) is 29.6 Å². The third kappa shape index (κ3) is 3.54. The molecule has 1 aliphatic heterocycles. The first-order chi connectivity index (χ1) is 16.3. The fraction of sp³-hybridized carbons (Fsp3) is 0.333. The molecule has 0 bridgehead atoms. The van der Waals surface area contributed by atoms with Crippen molar-refractivity contribution in [3.05, 3.63) is 65.6 Å². The van der Waals surface area contributed by atoms with E-state index in [4.69, 9.17) is 4.98 Å². The molecule has 0 atom stereocenters. The molecule has 4 heterocycles. The van der Waals surface area contributed by atoms with E-state index in [0.717, 1.165) is 30.6 Å². The van der Waals surface area contributed by atoms with Crippen molar-refractivity contribution < 1.29 is 8.42 Å². The van der Waals surface area contributed by atoms with Gasteiger partial charge in [-0.1, -0.05) is 12.1 Å². The van der Waals surface area contributed by atoms with Gasteiger partial charge in [0.05, 0.1) is 17.3 Å². The lowest BCUT2D eigenvalue weighted by atomic mass is 9.99. The van der Waals surface area contributed by atoms with E-state index in [9.17, 15) is 8.42 Å². The molecule has 10 heteroatoms. The third-order valence-corrected chi connectivity index (χ3v) is 8.84. The van der Waals surface area contributed by atoms with Gasteiger partial charge in [0.15, 0.2) is 21.3 Å². The molecular formula is C24H25N7O2S. The standard InChI is InChI=1S/C24H25N7O2S/c1-30-11-8-16-6-7-19(12-17(16)15-30)27-23-25-13-18-14-26-31(22(18)29-23)21-5-3-4-20(28-21)24(9-10-24)34(2,32)33/h3-7,12-14H,8-11,15H2,1-2H3,(H,25,27,29). The molecule has 1 aromatic carbocycles. The zero-order valence-corrected chi connectivity index (χ0v) is 19.9. The quantitative estimate of drug-likeness (QED) is 0.470. The summed E-state index contributed by atoms with van der Waals surface area (Å²) in [4.78, 5) is 16.1. The molecular weight excluding hydrogens is 450 g/mol. The van der Waals surface area contributed by atoms with Crippen LogP contribution in [0, 0.1) is 0 Å². The smallest absolute Gasteiger partial charge is 0.229 e. The minimum Gasteiger partial charge on any atom is -0.324 e. The highest BCUT2D eigenvalue weighted by Crippen LogP contribution is 2.51. The fourth-order valence-corrected chi connectivity index (χ4v) is 6.01. The largest absolute Gasteiger partial charge is 0.324 e. The van der Waals surface area contributed by atoms with Crippen LogP contribution < -0.4 is 5.32 Å². The van der Waals surface area contributed by atoms with Gasteiger partial charge in [-0.2, -0.15) is 14.8 Å². The van der Waals surface area contributed by atoms with Gasteiger partial charge in [-0.25, -0.2) is 18.4 Å². The summed E-state index contributed by atoms with van der Waals surface area (Å²) in [7, 11) is -1.12. The Morgan fingerprint density at radius 1 is 1.06 bits per heavy atom. The number of anilines is 2. The van der Waals surface area contributed by atoms with Gasteiger partial charge in [0.2, 0.25) is 5.95 Å². The molecule has 34 heavy (non-hydrogen) atoms. The van der Waals surface area contributed by atoms with Gasteiger partial charge in [0, 0.05) is 31.2 Å². The van der Waals surface area contributed by atoms with Gasteiger partial charge in [-0.05, 0) is 61.7 Å².